The highest BCUT2D eigenvalue weighted by Gasteiger charge is 1.96. The molecule has 0 amide bonds. The van der Waals surface area contributed by atoms with Crippen LogP contribution in [0.1, 0.15) is 32.6 Å². The van der Waals surface area contributed by atoms with Crippen LogP contribution in [0.3, 0.4) is 0 Å². The molecule has 0 heterocycles. The number of ether oxygens (including phenoxy) is 1. The quantitative estimate of drug-likeness (QED) is 0.449. The summed E-state index contributed by atoms with van der Waals surface area (Å²) in [4.78, 5) is 0. The zero-order chi connectivity index (χ0) is 16.3. The topological polar surface area (TPSA) is 46.0 Å². The van der Waals surface area contributed by atoms with Crippen molar-refractivity contribution in [1.29, 1.82) is 0 Å². The number of nitrogens with zero attached hydrogens (tertiary/aromatic N) is 2. The Morgan fingerprint density at radius 2 is 1.43 bits per heavy atom. The van der Waals surface area contributed by atoms with Crippen molar-refractivity contribution in [3.63, 3.8) is 0 Å². The van der Waals surface area contributed by atoms with Crippen LogP contribution < -0.4 is 10.1 Å². The standard InChI is InChI=1S/C19H25N3O/c1-3-4-5-6-15-23-19-13-11-18(12-14-19)22-21-17-9-7-16(20-2)8-10-17/h7-14,20H,3-6,15H2,1-2H3. The Bertz CT molecular complexity index is 591. The molecule has 0 aromatic heterocycles. The molecule has 0 fully saturated rings. The molecule has 0 atom stereocenters. The van der Waals surface area contributed by atoms with Gasteiger partial charge in [-0.25, -0.2) is 0 Å². The summed E-state index contributed by atoms with van der Waals surface area (Å²) < 4.78 is 5.72. The van der Waals surface area contributed by atoms with E-state index in [1.54, 1.807) is 0 Å². The first kappa shape index (κ1) is 17.0. The molecule has 0 radical (unpaired) electrons. The van der Waals surface area contributed by atoms with Crippen molar-refractivity contribution in [3.8, 4) is 5.75 Å². The summed E-state index contributed by atoms with van der Waals surface area (Å²) in [6, 6.07) is 15.6. The molecule has 2 aromatic rings. The lowest BCUT2D eigenvalue weighted by Crippen LogP contribution is -1.96. The summed E-state index contributed by atoms with van der Waals surface area (Å²) in [7, 11) is 1.89. The number of nitrogens with one attached hydrogen (secondary N) is 1. The van der Waals surface area contributed by atoms with Crippen molar-refractivity contribution in [2.45, 2.75) is 32.6 Å². The molecule has 0 aliphatic rings. The second-order valence-electron chi connectivity index (χ2n) is 5.40. The Kier molecular flexibility index (Phi) is 7.11. The molecule has 0 aliphatic carbocycles. The summed E-state index contributed by atoms with van der Waals surface area (Å²) in [5, 5.41) is 11.6. The molecule has 1 N–H and O–H groups in total. The highest BCUT2D eigenvalue weighted by Crippen LogP contribution is 2.22. The first-order valence-electron chi connectivity index (χ1n) is 8.24. The van der Waals surface area contributed by atoms with Crippen LogP contribution in [0.25, 0.3) is 0 Å². The van der Waals surface area contributed by atoms with E-state index in [4.69, 9.17) is 4.74 Å². The van der Waals surface area contributed by atoms with Gasteiger partial charge in [-0.05, 0) is 55.0 Å². The molecule has 0 bridgehead atoms. The van der Waals surface area contributed by atoms with Gasteiger partial charge in [-0.3, -0.25) is 0 Å². The number of benzene rings is 2. The number of rotatable bonds is 9. The average molecular weight is 311 g/mol. The highest BCUT2D eigenvalue weighted by atomic mass is 16.5. The SMILES string of the molecule is CCCCCCOc1ccc(N=Nc2ccc(NC)cc2)cc1. The smallest absolute Gasteiger partial charge is 0.119 e. The van der Waals surface area contributed by atoms with E-state index in [-0.39, 0.29) is 0 Å². The third kappa shape index (κ3) is 6.10. The Balaban J connectivity index is 1.82. The Labute approximate surface area is 138 Å². The van der Waals surface area contributed by atoms with Gasteiger partial charge in [-0.15, -0.1) is 0 Å². The number of azo groups is 1. The number of hydrogen-bond donors (Lipinski definition) is 1. The minimum Gasteiger partial charge on any atom is -0.494 e. The predicted octanol–water partition coefficient (Wildman–Crippen LogP) is 6.10. The van der Waals surface area contributed by atoms with E-state index in [0.29, 0.717) is 0 Å². The Hall–Kier alpha value is -2.36. The van der Waals surface area contributed by atoms with E-state index in [0.717, 1.165) is 35.8 Å². The van der Waals surface area contributed by atoms with Crippen LogP contribution in [0.4, 0.5) is 17.1 Å². The molecule has 122 valence electrons. The fraction of sp³-hybridized carbons (Fsp3) is 0.368. The van der Waals surface area contributed by atoms with Crippen molar-refractivity contribution < 1.29 is 4.74 Å². The van der Waals surface area contributed by atoms with Gasteiger partial charge >= 0.3 is 0 Å². The highest BCUT2D eigenvalue weighted by molar-refractivity contribution is 5.50. The summed E-state index contributed by atoms with van der Waals surface area (Å²) >= 11 is 0. The lowest BCUT2D eigenvalue weighted by atomic mass is 10.2. The fourth-order valence-corrected chi connectivity index (χ4v) is 2.14. The van der Waals surface area contributed by atoms with Crippen LogP contribution in [0.2, 0.25) is 0 Å². The molecule has 2 aromatic carbocycles. The molecule has 0 saturated heterocycles. The maximum absolute atomic E-state index is 5.72. The molecule has 4 heteroatoms. The zero-order valence-corrected chi connectivity index (χ0v) is 14.0. The van der Waals surface area contributed by atoms with Gasteiger partial charge in [-0.1, -0.05) is 26.2 Å². The third-order valence-corrected chi connectivity index (χ3v) is 3.54. The van der Waals surface area contributed by atoms with Crippen LogP contribution in [-0.2, 0) is 0 Å². The maximum atomic E-state index is 5.72. The molecule has 0 spiro atoms. The normalized spacial score (nSPS) is 10.9. The van der Waals surface area contributed by atoms with Gasteiger partial charge < -0.3 is 10.1 Å². The van der Waals surface area contributed by atoms with Crippen LogP contribution in [0.15, 0.2) is 58.8 Å². The van der Waals surface area contributed by atoms with Gasteiger partial charge in [0.25, 0.3) is 0 Å². The van der Waals surface area contributed by atoms with Crippen LogP contribution in [0.5, 0.6) is 5.75 Å². The van der Waals surface area contributed by atoms with Gasteiger partial charge in [0.15, 0.2) is 0 Å². The van der Waals surface area contributed by atoms with Crippen LogP contribution >= 0.6 is 0 Å². The molecule has 4 nitrogen and oxygen atoms in total. The van der Waals surface area contributed by atoms with Crippen molar-refractivity contribution in [3.05, 3.63) is 48.5 Å². The number of anilines is 1. The second kappa shape index (κ2) is 9.62. The van der Waals surface area contributed by atoms with Gasteiger partial charge in [0.2, 0.25) is 0 Å². The lowest BCUT2D eigenvalue weighted by molar-refractivity contribution is 0.305. The first-order chi connectivity index (χ1) is 11.3. The molecule has 23 heavy (non-hydrogen) atoms. The molecule has 0 unspecified atom stereocenters. The first-order valence-corrected chi connectivity index (χ1v) is 8.24. The van der Waals surface area contributed by atoms with Crippen molar-refractivity contribution >= 4 is 17.1 Å². The van der Waals surface area contributed by atoms with Crippen LogP contribution in [-0.4, -0.2) is 13.7 Å². The minimum absolute atomic E-state index is 0.776. The number of hydrogen-bond acceptors (Lipinski definition) is 4. The minimum atomic E-state index is 0.776. The van der Waals surface area contributed by atoms with E-state index in [9.17, 15) is 0 Å². The second-order valence-corrected chi connectivity index (χ2v) is 5.40. The number of unbranched alkanes of at least 4 members (excludes halogenated alkanes) is 3. The van der Waals surface area contributed by atoms with Gasteiger partial charge in [-0.2, -0.15) is 10.2 Å². The zero-order valence-electron chi connectivity index (χ0n) is 14.0. The monoisotopic (exact) mass is 311 g/mol. The predicted molar refractivity (Wildman–Crippen MR) is 96.2 cm³/mol. The molecular formula is C19H25N3O. The fourth-order valence-electron chi connectivity index (χ4n) is 2.14. The van der Waals surface area contributed by atoms with Gasteiger partial charge in [0.1, 0.15) is 5.75 Å². The molecule has 2 rings (SSSR count). The van der Waals surface area contributed by atoms with E-state index in [1.807, 2.05) is 55.6 Å². The van der Waals surface area contributed by atoms with Crippen molar-refractivity contribution in [2.75, 3.05) is 19.0 Å². The lowest BCUT2D eigenvalue weighted by Gasteiger charge is -2.05. The van der Waals surface area contributed by atoms with E-state index >= 15 is 0 Å². The average Bonchev–Trinajstić information content (AvgIpc) is 2.61. The summed E-state index contributed by atoms with van der Waals surface area (Å²) in [6.07, 6.45) is 4.86. The van der Waals surface area contributed by atoms with Gasteiger partial charge in [0, 0.05) is 12.7 Å². The largest absolute Gasteiger partial charge is 0.494 e. The molecular weight excluding hydrogens is 286 g/mol. The van der Waals surface area contributed by atoms with Crippen molar-refractivity contribution in [2.24, 2.45) is 10.2 Å². The summed E-state index contributed by atoms with van der Waals surface area (Å²) in [5.41, 5.74) is 2.71. The summed E-state index contributed by atoms with van der Waals surface area (Å²) in [5.74, 6) is 0.888. The molecule has 0 aliphatic heterocycles. The Morgan fingerprint density at radius 1 is 0.826 bits per heavy atom. The molecule has 0 saturated carbocycles. The van der Waals surface area contributed by atoms with E-state index in [1.165, 1.54) is 19.3 Å². The van der Waals surface area contributed by atoms with E-state index < -0.39 is 0 Å². The van der Waals surface area contributed by atoms with Gasteiger partial charge in [0.05, 0.1) is 18.0 Å². The van der Waals surface area contributed by atoms with Crippen LogP contribution in [0, 0.1) is 0 Å². The maximum Gasteiger partial charge on any atom is 0.119 e. The summed E-state index contributed by atoms with van der Waals surface area (Å²) in [6.45, 7) is 2.99. The van der Waals surface area contributed by atoms with E-state index in [2.05, 4.69) is 22.5 Å². The Morgan fingerprint density at radius 3 is 2.00 bits per heavy atom. The van der Waals surface area contributed by atoms with Crippen molar-refractivity contribution in [1.82, 2.24) is 0 Å². The third-order valence-electron chi connectivity index (χ3n) is 3.54.